The van der Waals surface area contributed by atoms with Crippen molar-refractivity contribution in [2.24, 2.45) is 0 Å². The number of para-hydroxylation sites is 1. The molecular weight excluding hydrogens is 330 g/mol. The van der Waals surface area contributed by atoms with Gasteiger partial charge in [0.25, 0.3) is 11.6 Å². The van der Waals surface area contributed by atoms with Crippen molar-refractivity contribution >= 4 is 17.3 Å². The van der Waals surface area contributed by atoms with Gasteiger partial charge in [-0.1, -0.05) is 18.2 Å². The van der Waals surface area contributed by atoms with Gasteiger partial charge in [0.05, 0.1) is 38.2 Å². The molecule has 0 spiro atoms. The lowest BCUT2D eigenvalue weighted by molar-refractivity contribution is -0.904. The summed E-state index contributed by atoms with van der Waals surface area (Å²) in [4.78, 5) is 25.2. The van der Waals surface area contributed by atoms with Crippen LogP contribution in [0, 0.1) is 10.1 Å². The van der Waals surface area contributed by atoms with Crippen molar-refractivity contribution in [3.05, 3.63) is 70.3 Å². The molecule has 2 aromatic carbocycles. The smallest absolute Gasteiger partial charge is 0.269 e. The highest BCUT2D eigenvalue weighted by Crippen LogP contribution is 2.19. The zero-order valence-electron chi connectivity index (χ0n) is 15.6. The van der Waals surface area contributed by atoms with Gasteiger partial charge in [-0.3, -0.25) is 14.9 Å². The van der Waals surface area contributed by atoms with Crippen molar-refractivity contribution in [3.63, 3.8) is 0 Å². The molecule has 6 heteroatoms. The molecule has 0 fully saturated rings. The molecule has 2 rings (SSSR count). The zero-order valence-corrected chi connectivity index (χ0v) is 15.6. The second-order valence-electron chi connectivity index (χ2n) is 6.57. The van der Waals surface area contributed by atoms with E-state index in [-0.39, 0.29) is 11.6 Å². The molecule has 1 amide bonds. The standard InChI is InChI=1S/C20H26N3O3/c1-4-23(3,5-2)16-15-21(18-9-7-6-8-10-18)20(24)17-11-13-19(14-12-17)22(25)26/h6-14H,4-5,15-16H2,1-3H3/q+1. The summed E-state index contributed by atoms with van der Waals surface area (Å²) in [6, 6.07) is 15.3. The van der Waals surface area contributed by atoms with Gasteiger partial charge in [0.2, 0.25) is 0 Å². The third-order valence-electron chi connectivity index (χ3n) is 5.03. The number of rotatable bonds is 8. The number of nitrogens with zero attached hydrogens (tertiary/aromatic N) is 3. The molecule has 0 N–H and O–H groups in total. The van der Waals surface area contributed by atoms with Gasteiger partial charge in [-0.15, -0.1) is 0 Å². The Morgan fingerprint density at radius 2 is 1.62 bits per heavy atom. The Bertz CT molecular complexity index is 741. The van der Waals surface area contributed by atoms with Gasteiger partial charge in [-0.05, 0) is 38.1 Å². The first-order chi connectivity index (χ1) is 12.4. The topological polar surface area (TPSA) is 63.5 Å². The first kappa shape index (κ1) is 19.6. The SMILES string of the molecule is CC[N+](C)(CC)CCN(C(=O)c1ccc([N+](=O)[O-])cc1)c1ccccc1. The summed E-state index contributed by atoms with van der Waals surface area (Å²) in [5.74, 6) is -0.148. The molecule has 0 radical (unpaired) electrons. The summed E-state index contributed by atoms with van der Waals surface area (Å²) < 4.78 is 0.872. The molecule has 0 aliphatic heterocycles. The first-order valence-electron chi connectivity index (χ1n) is 8.85. The predicted molar refractivity (Wildman–Crippen MR) is 103 cm³/mol. The van der Waals surface area contributed by atoms with Crippen LogP contribution < -0.4 is 4.90 Å². The van der Waals surface area contributed by atoms with Crippen molar-refractivity contribution in [2.45, 2.75) is 13.8 Å². The predicted octanol–water partition coefficient (Wildman–Crippen LogP) is 3.73. The van der Waals surface area contributed by atoms with E-state index >= 15 is 0 Å². The molecule has 0 unspecified atom stereocenters. The van der Waals surface area contributed by atoms with Crippen LogP contribution in [-0.2, 0) is 0 Å². The third-order valence-corrected chi connectivity index (χ3v) is 5.03. The Hall–Kier alpha value is -2.73. The van der Waals surface area contributed by atoms with E-state index in [2.05, 4.69) is 20.9 Å². The van der Waals surface area contributed by atoms with Gasteiger partial charge in [0.1, 0.15) is 0 Å². The van der Waals surface area contributed by atoms with E-state index in [1.807, 2.05) is 30.3 Å². The molecule has 138 valence electrons. The lowest BCUT2D eigenvalue weighted by atomic mass is 10.1. The fourth-order valence-electron chi connectivity index (χ4n) is 2.72. The average molecular weight is 356 g/mol. The molecule has 2 aromatic rings. The van der Waals surface area contributed by atoms with Crippen LogP contribution in [0.1, 0.15) is 24.2 Å². The van der Waals surface area contributed by atoms with Gasteiger partial charge in [-0.25, -0.2) is 0 Å². The molecule has 0 saturated carbocycles. The van der Waals surface area contributed by atoms with E-state index in [9.17, 15) is 14.9 Å². The molecule has 0 saturated heterocycles. The Balaban J connectivity index is 2.28. The van der Waals surface area contributed by atoms with Crippen LogP contribution in [-0.4, -0.2) is 48.5 Å². The lowest BCUT2D eigenvalue weighted by Crippen LogP contribution is -2.49. The fraction of sp³-hybridized carbons (Fsp3) is 0.350. The number of non-ortho nitro benzene ring substituents is 1. The average Bonchev–Trinajstić information content (AvgIpc) is 2.68. The maximum Gasteiger partial charge on any atom is 0.269 e. The number of quaternary nitrogens is 1. The normalized spacial score (nSPS) is 11.2. The van der Waals surface area contributed by atoms with Gasteiger partial charge in [-0.2, -0.15) is 0 Å². The summed E-state index contributed by atoms with van der Waals surface area (Å²) in [7, 11) is 2.18. The number of hydrogen-bond donors (Lipinski definition) is 0. The molecule has 26 heavy (non-hydrogen) atoms. The van der Waals surface area contributed by atoms with Gasteiger partial charge in [0.15, 0.2) is 0 Å². The summed E-state index contributed by atoms with van der Waals surface area (Å²) in [6.45, 7) is 7.69. The quantitative estimate of drug-likeness (QED) is 0.411. The number of benzene rings is 2. The van der Waals surface area contributed by atoms with Crippen molar-refractivity contribution < 1.29 is 14.2 Å². The Morgan fingerprint density at radius 1 is 1.04 bits per heavy atom. The number of nitro benzene ring substituents is 1. The number of amides is 1. The van der Waals surface area contributed by atoms with Crippen molar-refractivity contribution in [1.29, 1.82) is 0 Å². The second kappa shape index (κ2) is 8.58. The van der Waals surface area contributed by atoms with Crippen LogP contribution in [0.25, 0.3) is 0 Å². The van der Waals surface area contributed by atoms with Crippen molar-refractivity contribution in [1.82, 2.24) is 0 Å². The van der Waals surface area contributed by atoms with E-state index in [1.54, 1.807) is 4.90 Å². The monoisotopic (exact) mass is 356 g/mol. The van der Waals surface area contributed by atoms with E-state index in [0.717, 1.165) is 29.8 Å². The molecule has 0 heterocycles. The van der Waals surface area contributed by atoms with Crippen LogP contribution >= 0.6 is 0 Å². The minimum Gasteiger partial charge on any atom is -0.325 e. The number of hydrogen-bond acceptors (Lipinski definition) is 3. The molecule has 0 aliphatic rings. The number of anilines is 1. The second-order valence-corrected chi connectivity index (χ2v) is 6.57. The van der Waals surface area contributed by atoms with E-state index < -0.39 is 4.92 Å². The van der Waals surface area contributed by atoms with E-state index in [4.69, 9.17) is 0 Å². The minimum atomic E-state index is -0.464. The van der Waals surface area contributed by atoms with Crippen molar-refractivity contribution in [2.75, 3.05) is 38.1 Å². The lowest BCUT2D eigenvalue weighted by Gasteiger charge is -2.34. The van der Waals surface area contributed by atoms with Crippen LogP contribution in [0.4, 0.5) is 11.4 Å². The maximum absolute atomic E-state index is 13.1. The van der Waals surface area contributed by atoms with Crippen LogP contribution in [0.5, 0.6) is 0 Å². The van der Waals surface area contributed by atoms with E-state index in [0.29, 0.717) is 12.1 Å². The van der Waals surface area contributed by atoms with E-state index in [1.165, 1.54) is 24.3 Å². The Labute approximate surface area is 154 Å². The highest BCUT2D eigenvalue weighted by atomic mass is 16.6. The summed E-state index contributed by atoms with van der Waals surface area (Å²) in [5.41, 5.74) is 1.25. The molecule has 0 atom stereocenters. The first-order valence-corrected chi connectivity index (χ1v) is 8.85. The largest absolute Gasteiger partial charge is 0.325 e. The Kier molecular flexibility index (Phi) is 6.46. The van der Waals surface area contributed by atoms with Gasteiger partial charge in [0, 0.05) is 23.4 Å². The number of likely N-dealkylation sites (N-methyl/N-ethyl adjacent to an activating group) is 1. The van der Waals surface area contributed by atoms with Crippen molar-refractivity contribution in [3.8, 4) is 0 Å². The third kappa shape index (κ3) is 4.67. The highest BCUT2D eigenvalue weighted by Gasteiger charge is 2.23. The van der Waals surface area contributed by atoms with Crippen LogP contribution in [0.2, 0.25) is 0 Å². The summed E-state index contributed by atoms with van der Waals surface area (Å²) >= 11 is 0. The van der Waals surface area contributed by atoms with Gasteiger partial charge < -0.3 is 9.38 Å². The zero-order chi connectivity index (χ0) is 19.2. The van der Waals surface area contributed by atoms with Gasteiger partial charge >= 0.3 is 0 Å². The minimum absolute atomic E-state index is 0.0194. The number of nitro groups is 1. The molecule has 0 aromatic heterocycles. The summed E-state index contributed by atoms with van der Waals surface area (Å²) in [5, 5.41) is 10.8. The fourth-order valence-corrected chi connectivity index (χ4v) is 2.72. The molecule has 6 nitrogen and oxygen atoms in total. The molecule has 0 bridgehead atoms. The number of carbonyl (C=O) groups is 1. The summed E-state index contributed by atoms with van der Waals surface area (Å²) in [6.07, 6.45) is 0. The van der Waals surface area contributed by atoms with Crippen LogP contribution in [0.15, 0.2) is 54.6 Å². The highest BCUT2D eigenvalue weighted by molar-refractivity contribution is 6.06. The Morgan fingerprint density at radius 3 is 2.12 bits per heavy atom. The number of carbonyl (C=O) groups excluding carboxylic acids is 1. The maximum atomic E-state index is 13.1. The molecular formula is C20H26N3O3+. The molecule has 0 aliphatic carbocycles. The van der Waals surface area contributed by atoms with Crippen LogP contribution in [0.3, 0.4) is 0 Å².